The van der Waals surface area contributed by atoms with Crippen molar-refractivity contribution in [3.63, 3.8) is 0 Å². The van der Waals surface area contributed by atoms with Gasteiger partial charge in [0.05, 0.1) is 0 Å². The van der Waals surface area contributed by atoms with E-state index < -0.39 is 0 Å². The Balaban J connectivity index is 2.37. The van der Waals surface area contributed by atoms with E-state index in [9.17, 15) is 0 Å². The lowest BCUT2D eigenvalue weighted by Crippen LogP contribution is -2.32. The van der Waals surface area contributed by atoms with Gasteiger partial charge in [-0.05, 0) is 44.9 Å². The Labute approximate surface area is 116 Å². The van der Waals surface area contributed by atoms with Gasteiger partial charge in [0.15, 0.2) is 0 Å². The van der Waals surface area contributed by atoms with Crippen LogP contribution in [0.3, 0.4) is 0 Å². The van der Waals surface area contributed by atoms with Crippen molar-refractivity contribution in [2.45, 2.75) is 44.0 Å². The molecule has 0 aromatic heterocycles. The molecule has 18 heavy (non-hydrogen) atoms. The number of hydrogen-bond acceptors (Lipinski definition) is 2. The minimum Gasteiger partial charge on any atom is -0.313 e. The normalized spacial score (nSPS) is 12.3. The number of rotatable bonds is 9. The Bertz CT molecular complexity index is 334. The second-order valence-electron chi connectivity index (χ2n) is 4.77. The van der Waals surface area contributed by atoms with E-state index in [4.69, 9.17) is 0 Å². The highest BCUT2D eigenvalue weighted by Crippen LogP contribution is 2.19. The van der Waals surface area contributed by atoms with E-state index in [0.717, 1.165) is 18.7 Å². The Morgan fingerprint density at radius 3 is 2.67 bits per heavy atom. The molecule has 0 radical (unpaired) electrons. The molecule has 1 rings (SSSR count). The summed E-state index contributed by atoms with van der Waals surface area (Å²) in [4.78, 5) is 1.36. The SMILES string of the molecule is C=C(C)CCC(CSc1ccccc1)NCCC. The summed E-state index contributed by atoms with van der Waals surface area (Å²) in [7, 11) is 0. The van der Waals surface area contributed by atoms with Crippen LogP contribution in [-0.2, 0) is 0 Å². The quantitative estimate of drug-likeness (QED) is 0.520. The maximum absolute atomic E-state index is 3.99. The maximum atomic E-state index is 3.99. The first-order valence-corrected chi connectivity index (χ1v) is 7.76. The fourth-order valence-corrected chi connectivity index (χ4v) is 2.75. The highest BCUT2D eigenvalue weighted by molar-refractivity contribution is 7.99. The first kappa shape index (κ1) is 15.3. The van der Waals surface area contributed by atoms with Crippen LogP contribution >= 0.6 is 11.8 Å². The predicted molar refractivity (Wildman–Crippen MR) is 83.3 cm³/mol. The summed E-state index contributed by atoms with van der Waals surface area (Å²) < 4.78 is 0. The fraction of sp³-hybridized carbons (Fsp3) is 0.500. The lowest BCUT2D eigenvalue weighted by molar-refractivity contribution is 0.519. The van der Waals surface area contributed by atoms with Crippen molar-refractivity contribution < 1.29 is 0 Å². The first-order chi connectivity index (χ1) is 8.72. The zero-order valence-electron chi connectivity index (χ0n) is 11.6. The number of allylic oxidation sites excluding steroid dienone is 1. The third-order valence-electron chi connectivity index (χ3n) is 2.80. The lowest BCUT2D eigenvalue weighted by atomic mass is 10.1. The van der Waals surface area contributed by atoms with Crippen molar-refractivity contribution in [2.24, 2.45) is 0 Å². The molecule has 0 amide bonds. The van der Waals surface area contributed by atoms with E-state index in [1.807, 2.05) is 11.8 Å². The van der Waals surface area contributed by atoms with Crippen LogP contribution in [0.4, 0.5) is 0 Å². The van der Waals surface area contributed by atoms with Crippen molar-refractivity contribution in [2.75, 3.05) is 12.3 Å². The molecule has 100 valence electrons. The third-order valence-corrected chi connectivity index (χ3v) is 3.97. The monoisotopic (exact) mass is 263 g/mol. The molecule has 0 saturated carbocycles. The zero-order chi connectivity index (χ0) is 13.2. The second-order valence-corrected chi connectivity index (χ2v) is 5.86. The van der Waals surface area contributed by atoms with Gasteiger partial charge in [-0.15, -0.1) is 18.3 Å². The highest BCUT2D eigenvalue weighted by atomic mass is 32.2. The van der Waals surface area contributed by atoms with E-state index in [0.29, 0.717) is 6.04 Å². The Morgan fingerprint density at radius 1 is 1.33 bits per heavy atom. The summed E-state index contributed by atoms with van der Waals surface area (Å²) >= 11 is 1.94. The molecule has 0 saturated heterocycles. The van der Waals surface area contributed by atoms with Crippen LogP contribution in [0.2, 0.25) is 0 Å². The molecular formula is C16H25NS. The van der Waals surface area contributed by atoms with Crippen LogP contribution < -0.4 is 5.32 Å². The third kappa shape index (κ3) is 6.87. The predicted octanol–water partition coefficient (Wildman–Crippen LogP) is 4.50. The van der Waals surface area contributed by atoms with Crippen molar-refractivity contribution in [1.29, 1.82) is 0 Å². The molecule has 0 aliphatic carbocycles. The van der Waals surface area contributed by atoms with E-state index in [2.05, 4.69) is 56.1 Å². The van der Waals surface area contributed by atoms with Crippen LogP contribution in [-0.4, -0.2) is 18.3 Å². The van der Waals surface area contributed by atoms with Gasteiger partial charge in [0.2, 0.25) is 0 Å². The standard InChI is InChI=1S/C16H25NS/c1-4-12-17-15(11-10-14(2)3)13-18-16-8-6-5-7-9-16/h5-9,15,17H,2,4,10-13H2,1,3H3. The van der Waals surface area contributed by atoms with Crippen LogP contribution in [0.5, 0.6) is 0 Å². The molecule has 1 aromatic rings. The van der Waals surface area contributed by atoms with E-state index in [-0.39, 0.29) is 0 Å². The van der Waals surface area contributed by atoms with Crippen LogP contribution in [0.15, 0.2) is 47.4 Å². The molecular weight excluding hydrogens is 238 g/mol. The molecule has 1 aromatic carbocycles. The van der Waals surface area contributed by atoms with Gasteiger partial charge in [-0.2, -0.15) is 0 Å². The lowest BCUT2D eigenvalue weighted by Gasteiger charge is -2.18. The average Bonchev–Trinajstić information content (AvgIpc) is 2.39. The van der Waals surface area contributed by atoms with Gasteiger partial charge in [0.1, 0.15) is 0 Å². The van der Waals surface area contributed by atoms with Gasteiger partial charge in [-0.1, -0.05) is 30.7 Å². The number of thioether (sulfide) groups is 1. The number of benzene rings is 1. The summed E-state index contributed by atoms with van der Waals surface area (Å²) in [6.45, 7) is 9.43. The average molecular weight is 263 g/mol. The smallest absolute Gasteiger partial charge is 0.0164 e. The molecule has 0 fully saturated rings. The fourth-order valence-electron chi connectivity index (χ4n) is 1.73. The van der Waals surface area contributed by atoms with E-state index in [1.54, 1.807) is 0 Å². The topological polar surface area (TPSA) is 12.0 Å². The van der Waals surface area contributed by atoms with E-state index >= 15 is 0 Å². The number of hydrogen-bond donors (Lipinski definition) is 1. The van der Waals surface area contributed by atoms with Crippen LogP contribution in [0.1, 0.15) is 33.1 Å². The largest absolute Gasteiger partial charge is 0.313 e. The summed E-state index contributed by atoms with van der Waals surface area (Å²) in [5, 5.41) is 3.63. The molecule has 1 N–H and O–H groups in total. The minimum absolute atomic E-state index is 0.590. The summed E-state index contributed by atoms with van der Waals surface area (Å²) in [6.07, 6.45) is 3.51. The van der Waals surface area contributed by atoms with Crippen LogP contribution in [0.25, 0.3) is 0 Å². The van der Waals surface area contributed by atoms with Crippen molar-refractivity contribution in [3.05, 3.63) is 42.5 Å². The molecule has 1 unspecified atom stereocenters. The molecule has 0 bridgehead atoms. The second kappa shape index (κ2) is 9.23. The van der Waals surface area contributed by atoms with Gasteiger partial charge in [-0.25, -0.2) is 0 Å². The molecule has 1 nitrogen and oxygen atoms in total. The Hall–Kier alpha value is -0.730. The summed E-state index contributed by atoms with van der Waals surface area (Å²) in [6, 6.07) is 11.2. The summed E-state index contributed by atoms with van der Waals surface area (Å²) in [5.74, 6) is 1.14. The van der Waals surface area contributed by atoms with Gasteiger partial charge < -0.3 is 5.32 Å². The first-order valence-electron chi connectivity index (χ1n) is 6.78. The zero-order valence-corrected chi connectivity index (χ0v) is 12.4. The van der Waals surface area contributed by atoms with Gasteiger partial charge >= 0.3 is 0 Å². The van der Waals surface area contributed by atoms with Crippen LogP contribution in [0, 0.1) is 0 Å². The van der Waals surface area contributed by atoms with Crippen molar-refractivity contribution in [1.82, 2.24) is 5.32 Å². The van der Waals surface area contributed by atoms with Crippen molar-refractivity contribution in [3.8, 4) is 0 Å². The Kier molecular flexibility index (Phi) is 7.86. The molecule has 2 heteroatoms. The molecule has 0 spiro atoms. The van der Waals surface area contributed by atoms with Crippen molar-refractivity contribution >= 4 is 11.8 Å². The molecule has 0 heterocycles. The van der Waals surface area contributed by atoms with Gasteiger partial charge in [-0.3, -0.25) is 0 Å². The van der Waals surface area contributed by atoms with Gasteiger partial charge in [0.25, 0.3) is 0 Å². The highest BCUT2D eigenvalue weighted by Gasteiger charge is 2.08. The minimum atomic E-state index is 0.590. The Morgan fingerprint density at radius 2 is 2.06 bits per heavy atom. The molecule has 0 aliphatic heterocycles. The van der Waals surface area contributed by atoms with E-state index in [1.165, 1.54) is 23.3 Å². The molecule has 0 aliphatic rings. The maximum Gasteiger partial charge on any atom is 0.0164 e. The molecule has 1 atom stereocenters. The van der Waals surface area contributed by atoms with Gasteiger partial charge in [0, 0.05) is 16.7 Å². The summed E-state index contributed by atoms with van der Waals surface area (Å²) in [5.41, 5.74) is 1.28. The number of nitrogens with one attached hydrogen (secondary N) is 1.